The third-order valence-corrected chi connectivity index (χ3v) is 3.99. The number of methoxy groups -OCH3 is 1. The van der Waals surface area contributed by atoms with Crippen molar-refractivity contribution in [3.05, 3.63) is 52.5 Å². The Hall–Kier alpha value is -2.01. The molecule has 0 saturated carbocycles. The quantitative estimate of drug-likeness (QED) is 0.710. The molecule has 0 aliphatic heterocycles. The Morgan fingerprint density at radius 1 is 1.17 bits per heavy atom. The van der Waals surface area contributed by atoms with Crippen LogP contribution in [-0.2, 0) is 0 Å². The number of carbonyl (C=O) groups excluding carboxylic acids is 1. The highest BCUT2D eigenvalue weighted by Gasteiger charge is 2.15. The van der Waals surface area contributed by atoms with Crippen molar-refractivity contribution in [3.8, 4) is 11.5 Å². The van der Waals surface area contributed by atoms with Crippen LogP contribution in [0, 0.1) is 5.92 Å². The maximum atomic E-state index is 12.7. The van der Waals surface area contributed by atoms with Gasteiger partial charge in [-0.15, -0.1) is 0 Å². The van der Waals surface area contributed by atoms with Crippen LogP contribution in [0.5, 0.6) is 11.5 Å². The highest BCUT2D eigenvalue weighted by Crippen LogP contribution is 2.27. The summed E-state index contributed by atoms with van der Waals surface area (Å²) in [4.78, 5) is 12.7. The van der Waals surface area contributed by atoms with Crippen LogP contribution in [0.2, 0.25) is 0 Å². The third kappa shape index (κ3) is 4.99. The lowest BCUT2D eigenvalue weighted by Crippen LogP contribution is -2.15. The molecule has 128 valence electrons. The molecule has 0 saturated heterocycles. The molecule has 2 rings (SSSR count). The average Bonchev–Trinajstić information content (AvgIpc) is 2.56. The number of para-hydroxylation sites is 2. The van der Waals surface area contributed by atoms with Gasteiger partial charge in [0.25, 0.3) is 5.91 Å². The molecule has 1 N–H and O–H groups in total. The fourth-order valence-electron chi connectivity index (χ4n) is 2.15. The van der Waals surface area contributed by atoms with Gasteiger partial charge in [-0.1, -0.05) is 41.9 Å². The number of rotatable bonds is 7. The maximum Gasteiger partial charge on any atom is 0.259 e. The predicted molar refractivity (Wildman–Crippen MR) is 100 cm³/mol. The molecule has 0 heterocycles. The molecule has 0 bridgehead atoms. The van der Waals surface area contributed by atoms with Crippen LogP contribution in [-0.4, -0.2) is 19.6 Å². The number of hydrogen-bond donors (Lipinski definition) is 1. The lowest BCUT2D eigenvalue weighted by molar-refractivity contribution is 0.102. The van der Waals surface area contributed by atoms with E-state index < -0.39 is 0 Å². The largest absolute Gasteiger partial charge is 0.495 e. The number of nitrogens with one attached hydrogen (secondary N) is 1. The first-order valence-electron chi connectivity index (χ1n) is 7.88. The van der Waals surface area contributed by atoms with Crippen LogP contribution in [0.3, 0.4) is 0 Å². The minimum Gasteiger partial charge on any atom is -0.495 e. The summed E-state index contributed by atoms with van der Waals surface area (Å²) < 4.78 is 11.9. The van der Waals surface area contributed by atoms with Gasteiger partial charge in [-0.3, -0.25) is 4.79 Å². The van der Waals surface area contributed by atoms with E-state index in [0.717, 1.165) is 10.9 Å². The highest BCUT2D eigenvalue weighted by molar-refractivity contribution is 9.10. The van der Waals surface area contributed by atoms with Crippen molar-refractivity contribution in [3.63, 3.8) is 0 Å². The molecule has 0 aromatic heterocycles. The zero-order valence-corrected chi connectivity index (χ0v) is 15.7. The van der Waals surface area contributed by atoms with E-state index >= 15 is 0 Å². The monoisotopic (exact) mass is 391 g/mol. The van der Waals surface area contributed by atoms with Crippen LogP contribution in [0.15, 0.2) is 46.9 Å². The van der Waals surface area contributed by atoms with Crippen LogP contribution >= 0.6 is 15.9 Å². The first-order chi connectivity index (χ1) is 11.5. The van der Waals surface area contributed by atoms with E-state index in [1.165, 1.54) is 0 Å². The first-order valence-corrected chi connectivity index (χ1v) is 8.67. The summed E-state index contributed by atoms with van der Waals surface area (Å²) in [5.41, 5.74) is 1.11. The van der Waals surface area contributed by atoms with E-state index in [-0.39, 0.29) is 5.91 Å². The Morgan fingerprint density at radius 2 is 1.92 bits per heavy atom. The summed E-state index contributed by atoms with van der Waals surface area (Å²) in [7, 11) is 1.57. The summed E-state index contributed by atoms with van der Waals surface area (Å²) in [6, 6.07) is 12.7. The van der Waals surface area contributed by atoms with Crippen LogP contribution in [0.1, 0.15) is 30.6 Å². The van der Waals surface area contributed by atoms with Gasteiger partial charge in [-0.05, 0) is 42.7 Å². The van der Waals surface area contributed by atoms with Crippen molar-refractivity contribution in [2.75, 3.05) is 19.0 Å². The molecule has 0 atom stereocenters. The van der Waals surface area contributed by atoms with Gasteiger partial charge in [0.15, 0.2) is 0 Å². The van der Waals surface area contributed by atoms with Crippen molar-refractivity contribution in [1.82, 2.24) is 0 Å². The fraction of sp³-hybridized carbons (Fsp3) is 0.316. The molecule has 0 spiro atoms. The Kier molecular flexibility index (Phi) is 6.67. The van der Waals surface area contributed by atoms with Gasteiger partial charge in [0, 0.05) is 4.47 Å². The zero-order valence-electron chi connectivity index (χ0n) is 14.1. The van der Waals surface area contributed by atoms with Gasteiger partial charge in [-0.25, -0.2) is 0 Å². The SMILES string of the molecule is COc1ccccc1NC(=O)c1cc(Br)ccc1OCCC(C)C. The topological polar surface area (TPSA) is 47.6 Å². The van der Waals surface area contributed by atoms with E-state index in [0.29, 0.717) is 35.3 Å². The van der Waals surface area contributed by atoms with E-state index in [9.17, 15) is 4.79 Å². The van der Waals surface area contributed by atoms with Crippen molar-refractivity contribution in [2.24, 2.45) is 5.92 Å². The van der Waals surface area contributed by atoms with E-state index in [1.54, 1.807) is 25.3 Å². The predicted octanol–water partition coefficient (Wildman–Crippen LogP) is 5.13. The standard InChI is InChI=1S/C19H22BrNO3/c1-13(2)10-11-24-17-9-8-14(20)12-15(17)19(22)21-16-6-4-5-7-18(16)23-3/h4-9,12-13H,10-11H2,1-3H3,(H,21,22). The average molecular weight is 392 g/mol. The molecule has 24 heavy (non-hydrogen) atoms. The highest BCUT2D eigenvalue weighted by atomic mass is 79.9. The van der Waals surface area contributed by atoms with Gasteiger partial charge in [0.05, 0.1) is 25.0 Å². The molecule has 0 aliphatic carbocycles. The van der Waals surface area contributed by atoms with Crippen LogP contribution in [0.4, 0.5) is 5.69 Å². The van der Waals surface area contributed by atoms with E-state index in [4.69, 9.17) is 9.47 Å². The minimum atomic E-state index is -0.236. The molecule has 2 aromatic carbocycles. The van der Waals surface area contributed by atoms with Gasteiger partial charge in [-0.2, -0.15) is 0 Å². The summed E-state index contributed by atoms with van der Waals surface area (Å²) in [5.74, 6) is 1.50. The molecule has 0 fully saturated rings. The minimum absolute atomic E-state index is 0.236. The molecule has 1 amide bonds. The number of hydrogen-bond acceptors (Lipinski definition) is 3. The Balaban J connectivity index is 2.19. The number of anilines is 1. The van der Waals surface area contributed by atoms with Crippen molar-refractivity contribution >= 4 is 27.5 Å². The van der Waals surface area contributed by atoms with Crippen molar-refractivity contribution in [2.45, 2.75) is 20.3 Å². The van der Waals surface area contributed by atoms with E-state index in [2.05, 4.69) is 35.1 Å². The lowest BCUT2D eigenvalue weighted by atomic mass is 10.1. The molecule has 0 unspecified atom stereocenters. The third-order valence-electron chi connectivity index (χ3n) is 3.49. The van der Waals surface area contributed by atoms with Crippen LogP contribution in [0.25, 0.3) is 0 Å². The Labute approximate surface area is 151 Å². The van der Waals surface area contributed by atoms with Gasteiger partial charge < -0.3 is 14.8 Å². The number of benzene rings is 2. The van der Waals surface area contributed by atoms with E-state index in [1.807, 2.05) is 24.3 Å². The molecule has 5 heteroatoms. The van der Waals surface area contributed by atoms with Gasteiger partial charge in [0.1, 0.15) is 11.5 Å². The molecule has 0 radical (unpaired) electrons. The molecule has 2 aromatic rings. The molecule has 0 aliphatic rings. The summed E-state index contributed by atoms with van der Waals surface area (Å²) in [5, 5.41) is 2.88. The lowest BCUT2D eigenvalue weighted by Gasteiger charge is -2.14. The van der Waals surface area contributed by atoms with Crippen molar-refractivity contribution < 1.29 is 14.3 Å². The molecular formula is C19H22BrNO3. The second-order valence-electron chi connectivity index (χ2n) is 5.83. The molecule has 4 nitrogen and oxygen atoms in total. The number of carbonyl (C=O) groups is 1. The zero-order chi connectivity index (χ0) is 17.5. The Morgan fingerprint density at radius 3 is 2.62 bits per heavy atom. The number of ether oxygens (including phenoxy) is 2. The normalized spacial score (nSPS) is 10.5. The smallest absolute Gasteiger partial charge is 0.259 e. The van der Waals surface area contributed by atoms with Crippen LogP contribution < -0.4 is 14.8 Å². The van der Waals surface area contributed by atoms with Crippen molar-refractivity contribution in [1.29, 1.82) is 0 Å². The fourth-order valence-corrected chi connectivity index (χ4v) is 2.51. The number of halogens is 1. The second kappa shape index (κ2) is 8.73. The first kappa shape index (κ1) is 18.3. The van der Waals surface area contributed by atoms with Gasteiger partial charge >= 0.3 is 0 Å². The summed E-state index contributed by atoms with van der Waals surface area (Å²) in [6.45, 7) is 4.86. The summed E-state index contributed by atoms with van der Waals surface area (Å²) >= 11 is 3.41. The Bertz CT molecular complexity index is 701. The summed E-state index contributed by atoms with van der Waals surface area (Å²) in [6.07, 6.45) is 0.934. The second-order valence-corrected chi connectivity index (χ2v) is 6.74. The molecular weight excluding hydrogens is 370 g/mol. The maximum absolute atomic E-state index is 12.7. The van der Waals surface area contributed by atoms with Gasteiger partial charge in [0.2, 0.25) is 0 Å². The number of amides is 1.